The largest absolute Gasteiger partial charge is 0.481 e. The Kier molecular flexibility index (Phi) is 8.41. The predicted molar refractivity (Wildman–Crippen MR) is 170 cm³/mol. The summed E-state index contributed by atoms with van der Waals surface area (Å²) in [6.45, 7) is 3.07. The van der Waals surface area contributed by atoms with E-state index < -0.39 is 17.6 Å². The zero-order chi connectivity index (χ0) is 31.8. The number of hydrogen-bond acceptors (Lipinski definition) is 8. The number of hydrogen-bond donors (Lipinski definition) is 4. The predicted octanol–water partition coefficient (Wildman–Crippen LogP) is 3.42. The molecule has 11 nitrogen and oxygen atoms in total. The highest BCUT2D eigenvalue weighted by molar-refractivity contribution is 6.36. The third kappa shape index (κ3) is 5.82. The van der Waals surface area contributed by atoms with Gasteiger partial charge in [0, 0.05) is 61.6 Å². The standard InChI is InChI=1S/C33H33ClN6O5/c1-17-20(6-5-9-24(17)38-31(43)23-10-11-37-40(2)33(23)44)21-7-4-8-22(29(21)34)25-13-19-14-26(41)30(28(19)32(39-25)45-3)36-16-18-12-27(42)35-15-18/h4-11,13,18,26,30,36,41H,12,14-16H2,1-3H3,(H,35,42)(H,38,43)/t18-,26+,30-/m0/s1. The molecule has 6 rings (SSSR count). The minimum Gasteiger partial charge on any atom is -0.481 e. The number of aliphatic hydroxyl groups excluding tert-OH is 1. The van der Waals surface area contributed by atoms with E-state index in [2.05, 4.69) is 21.0 Å². The molecule has 2 aromatic carbocycles. The van der Waals surface area contributed by atoms with Gasteiger partial charge < -0.3 is 25.8 Å². The van der Waals surface area contributed by atoms with Crippen LogP contribution in [0.25, 0.3) is 22.4 Å². The summed E-state index contributed by atoms with van der Waals surface area (Å²) in [7, 11) is 3.04. The monoisotopic (exact) mass is 628 g/mol. The smallest absolute Gasteiger partial charge is 0.279 e. The summed E-state index contributed by atoms with van der Waals surface area (Å²) in [5.41, 5.74) is 5.35. The van der Waals surface area contributed by atoms with Crippen molar-refractivity contribution >= 4 is 29.1 Å². The molecule has 0 radical (unpaired) electrons. The van der Waals surface area contributed by atoms with E-state index in [-0.39, 0.29) is 23.4 Å². The first-order chi connectivity index (χ1) is 21.7. The lowest BCUT2D eigenvalue weighted by Crippen LogP contribution is -2.33. The SMILES string of the molecule is COc1nc(-c2cccc(-c3cccc(NC(=O)c4ccnn(C)c4=O)c3C)c2Cl)cc2c1[C@@H](NC[C@@H]1CNC(=O)C1)[C@H](O)C2. The number of amides is 2. The number of carbonyl (C=O) groups excluding carboxylic acids is 2. The zero-order valence-corrected chi connectivity index (χ0v) is 25.8. The number of aromatic nitrogens is 3. The molecule has 3 atom stereocenters. The van der Waals surface area contributed by atoms with Gasteiger partial charge in [-0.05, 0) is 47.7 Å². The van der Waals surface area contributed by atoms with Crippen LogP contribution in [0, 0.1) is 12.8 Å². The topological polar surface area (TPSA) is 147 Å². The van der Waals surface area contributed by atoms with Crippen molar-refractivity contribution in [2.45, 2.75) is 31.9 Å². The van der Waals surface area contributed by atoms with Crippen LogP contribution in [0.5, 0.6) is 5.88 Å². The third-order valence-electron chi connectivity index (χ3n) is 8.51. The van der Waals surface area contributed by atoms with Gasteiger partial charge in [0.2, 0.25) is 11.8 Å². The quantitative estimate of drug-likeness (QED) is 0.232. The van der Waals surface area contributed by atoms with Crippen LogP contribution in [-0.2, 0) is 18.3 Å². The number of pyridine rings is 1. The van der Waals surface area contributed by atoms with Crippen molar-refractivity contribution in [1.82, 2.24) is 25.4 Å². The van der Waals surface area contributed by atoms with Gasteiger partial charge in [-0.15, -0.1) is 0 Å². The second-order valence-corrected chi connectivity index (χ2v) is 11.8. The van der Waals surface area contributed by atoms with Crippen molar-refractivity contribution in [3.8, 4) is 28.3 Å². The molecule has 12 heteroatoms. The number of carbonyl (C=O) groups is 2. The van der Waals surface area contributed by atoms with Crippen molar-refractivity contribution < 1.29 is 19.4 Å². The Bertz CT molecular complexity index is 1880. The average molecular weight is 629 g/mol. The van der Waals surface area contributed by atoms with Gasteiger partial charge in [-0.25, -0.2) is 9.67 Å². The lowest BCUT2D eigenvalue weighted by atomic mass is 9.96. The Morgan fingerprint density at radius 2 is 1.89 bits per heavy atom. The fraction of sp³-hybridized carbons (Fsp3) is 0.303. The van der Waals surface area contributed by atoms with Crippen molar-refractivity contribution in [2.24, 2.45) is 13.0 Å². The highest BCUT2D eigenvalue weighted by Gasteiger charge is 2.36. The molecule has 45 heavy (non-hydrogen) atoms. The van der Waals surface area contributed by atoms with Crippen LogP contribution in [0.3, 0.4) is 0 Å². The summed E-state index contributed by atoms with van der Waals surface area (Å²) in [5, 5.41) is 24.4. The van der Waals surface area contributed by atoms with E-state index in [0.717, 1.165) is 32.5 Å². The third-order valence-corrected chi connectivity index (χ3v) is 8.92. The van der Waals surface area contributed by atoms with Crippen LogP contribution in [0.1, 0.15) is 39.5 Å². The first-order valence-electron chi connectivity index (χ1n) is 14.6. The molecule has 0 saturated carbocycles. The van der Waals surface area contributed by atoms with Crippen LogP contribution in [-0.4, -0.2) is 58.0 Å². The molecule has 0 unspecified atom stereocenters. The van der Waals surface area contributed by atoms with E-state index in [1.165, 1.54) is 19.3 Å². The molecule has 4 N–H and O–H groups in total. The maximum atomic E-state index is 13.0. The van der Waals surface area contributed by atoms with Gasteiger partial charge in [-0.2, -0.15) is 5.10 Å². The number of ether oxygens (including phenoxy) is 1. The van der Waals surface area contributed by atoms with Crippen molar-refractivity contribution in [3.63, 3.8) is 0 Å². The first-order valence-corrected chi connectivity index (χ1v) is 15.0. The lowest BCUT2D eigenvalue weighted by molar-refractivity contribution is -0.119. The van der Waals surface area contributed by atoms with Crippen LogP contribution in [0.15, 0.2) is 59.5 Å². The number of aryl methyl sites for hydroxylation is 1. The van der Waals surface area contributed by atoms with E-state index >= 15 is 0 Å². The average Bonchev–Trinajstić information content (AvgIpc) is 3.59. The summed E-state index contributed by atoms with van der Waals surface area (Å²) >= 11 is 7.07. The molecule has 2 aromatic heterocycles. The second-order valence-electron chi connectivity index (χ2n) is 11.4. The number of rotatable bonds is 8. The Morgan fingerprint density at radius 1 is 1.13 bits per heavy atom. The Hall–Kier alpha value is -4.58. The summed E-state index contributed by atoms with van der Waals surface area (Å²) in [5.74, 6) is 0.0744. The van der Waals surface area contributed by atoms with Crippen molar-refractivity contribution in [1.29, 1.82) is 0 Å². The minimum atomic E-state index is -0.675. The summed E-state index contributed by atoms with van der Waals surface area (Å²) in [6.07, 6.45) is 1.61. The summed E-state index contributed by atoms with van der Waals surface area (Å²) in [6, 6.07) is 14.1. The Morgan fingerprint density at radius 3 is 2.64 bits per heavy atom. The number of halogens is 1. The molecule has 2 amide bonds. The van der Waals surface area contributed by atoms with E-state index in [1.54, 1.807) is 13.2 Å². The molecule has 2 aliphatic rings. The first kappa shape index (κ1) is 30.4. The number of fused-ring (bicyclic) bond motifs is 1. The molecular formula is C33H33ClN6O5. The highest BCUT2D eigenvalue weighted by atomic mass is 35.5. The maximum Gasteiger partial charge on any atom is 0.279 e. The minimum absolute atomic E-state index is 0.0119. The van der Waals surface area contributed by atoms with Gasteiger partial charge in [0.15, 0.2) is 0 Å². The van der Waals surface area contributed by atoms with Crippen LogP contribution >= 0.6 is 11.6 Å². The number of nitrogens with one attached hydrogen (secondary N) is 3. The summed E-state index contributed by atoms with van der Waals surface area (Å²) in [4.78, 5) is 41.8. The molecular weight excluding hydrogens is 596 g/mol. The molecule has 0 spiro atoms. The van der Waals surface area contributed by atoms with Gasteiger partial charge in [-0.1, -0.05) is 41.9 Å². The van der Waals surface area contributed by atoms with E-state index in [0.29, 0.717) is 53.8 Å². The molecule has 0 bridgehead atoms. The van der Waals surface area contributed by atoms with Crippen LogP contribution in [0.2, 0.25) is 5.02 Å². The van der Waals surface area contributed by atoms with Gasteiger partial charge in [-0.3, -0.25) is 14.4 Å². The van der Waals surface area contributed by atoms with Gasteiger partial charge in [0.05, 0.1) is 30.0 Å². The number of aliphatic hydroxyl groups is 1. The molecule has 1 fully saturated rings. The molecule has 232 valence electrons. The van der Waals surface area contributed by atoms with Crippen LogP contribution in [0.4, 0.5) is 5.69 Å². The zero-order valence-electron chi connectivity index (χ0n) is 25.1. The normalized spacial score (nSPS) is 18.9. The Labute approximate surface area is 264 Å². The number of nitrogens with zero attached hydrogens (tertiary/aromatic N) is 3. The highest BCUT2D eigenvalue weighted by Crippen LogP contribution is 2.43. The maximum absolute atomic E-state index is 13.0. The van der Waals surface area contributed by atoms with E-state index in [4.69, 9.17) is 21.3 Å². The van der Waals surface area contributed by atoms with Crippen LogP contribution < -0.4 is 26.2 Å². The molecule has 4 aromatic rings. The number of methoxy groups -OCH3 is 1. The van der Waals surface area contributed by atoms with Crippen molar-refractivity contribution in [3.05, 3.63) is 92.4 Å². The number of anilines is 1. The lowest BCUT2D eigenvalue weighted by Gasteiger charge is -2.21. The van der Waals surface area contributed by atoms with E-state index in [9.17, 15) is 19.5 Å². The van der Waals surface area contributed by atoms with Gasteiger partial charge in [0.1, 0.15) is 5.56 Å². The second kappa shape index (κ2) is 12.4. The summed E-state index contributed by atoms with van der Waals surface area (Å²) < 4.78 is 6.84. The molecule has 1 aliphatic carbocycles. The molecule has 1 aliphatic heterocycles. The molecule has 1 saturated heterocycles. The van der Waals surface area contributed by atoms with Gasteiger partial charge >= 0.3 is 0 Å². The Balaban J connectivity index is 1.30. The van der Waals surface area contributed by atoms with Gasteiger partial charge in [0.25, 0.3) is 11.5 Å². The van der Waals surface area contributed by atoms with Crippen molar-refractivity contribution in [2.75, 3.05) is 25.5 Å². The van der Waals surface area contributed by atoms with E-state index in [1.807, 2.05) is 43.3 Å². The fourth-order valence-electron chi connectivity index (χ4n) is 6.12. The molecule has 3 heterocycles. The number of benzene rings is 2. The fourth-order valence-corrected chi connectivity index (χ4v) is 6.45.